The summed E-state index contributed by atoms with van der Waals surface area (Å²) in [5.41, 5.74) is 0.431. The molecule has 23 heavy (non-hydrogen) atoms. The molecule has 0 heterocycles. The zero-order valence-electron chi connectivity index (χ0n) is 12.8. The van der Waals surface area contributed by atoms with Crippen LogP contribution in [0.25, 0.3) is 0 Å². The van der Waals surface area contributed by atoms with E-state index in [2.05, 4.69) is 0 Å². The molecule has 0 N–H and O–H groups in total. The number of esters is 2. The normalized spacial score (nSPS) is 11.3. The molecule has 0 aliphatic carbocycles. The van der Waals surface area contributed by atoms with Gasteiger partial charge >= 0.3 is 11.9 Å². The van der Waals surface area contributed by atoms with Gasteiger partial charge in [0, 0.05) is 6.92 Å². The van der Waals surface area contributed by atoms with Crippen LogP contribution in [0.3, 0.4) is 0 Å². The molecule has 0 saturated carbocycles. The van der Waals surface area contributed by atoms with Gasteiger partial charge in [0.25, 0.3) is 0 Å². The molecule has 5 heteroatoms. The zero-order chi connectivity index (χ0) is 16.5. The van der Waals surface area contributed by atoms with Crippen molar-refractivity contribution < 1.29 is 23.8 Å². The number of carbonyl (C=O) groups is 2. The molecule has 0 radical (unpaired) electrons. The van der Waals surface area contributed by atoms with Gasteiger partial charge in [-0.1, -0.05) is 36.4 Å². The molecule has 1 unspecified atom stereocenters. The lowest BCUT2D eigenvalue weighted by molar-refractivity contribution is -0.144. The van der Waals surface area contributed by atoms with Crippen molar-refractivity contribution in [1.29, 1.82) is 0 Å². The van der Waals surface area contributed by atoms with Crippen molar-refractivity contribution in [2.75, 3.05) is 13.2 Å². The minimum absolute atomic E-state index is 0.0548. The Morgan fingerprint density at radius 3 is 2.13 bits per heavy atom. The van der Waals surface area contributed by atoms with E-state index >= 15 is 0 Å². The highest BCUT2D eigenvalue weighted by atomic mass is 16.6. The summed E-state index contributed by atoms with van der Waals surface area (Å²) in [4.78, 5) is 23.1. The van der Waals surface area contributed by atoms with Crippen LogP contribution in [-0.2, 0) is 14.3 Å². The second kappa shape index (κ2) is 8.58. The predicted molar refractivity (Wildman–Crippen MR) is 84.2 cm³/mol. The van der Waals surface area contributed by atoms with Gasteiger partial charge in [-0.3, -0.25) is 4.79 Å². The first-order valence-corrected chi connectivity index (χ1v) is 7.22. The lowest BCUT2D eigenvalue weighted by Crippen LogP contribution is -2.30. The molecule has 0 aliphatic heterocycles. The first kappa shape index (κ1) is 16.5. The van der Waals surface area contributed by atoms with Crippen molar-refractivity contribution in [3.05, 3.63) is 66.2 Å². The van der Waals surface area contributed by atoms with E-state index in [1.165, 1.54) is 6.92 Å². The third kappa shape index (κ3) is 5.82. The van der Waals surface area contributed by atoms with E-state index < -0.39 is 18.0 Å². The number of para-hydroxylation sites is 1. The van der Waals surface area contributed by atoms with Gasteiger partial charge in [-0.2, -0.15) is 0 Å². The SMILES string of the molecule is CC(=O)OCC(COc1ccccc1)OC(=O)c1ccccc1. The van der Waals surface area contributed by atoms with Gasteiger partial charge in [0.2, 0.25) is 0 Å². The van der Waals surface area contributed by atoms with Crippen LogP contribution >= 0.6 is 0 Å². The number of benzene rings is 2. The lowest BCUT2D eigenvalue weighted by atomic mass is 10.2. The largest absolute Gasteiger partial charge is 0.490 e. The zero-order valence-corrected chi connectivity index (χ0v) is 12.8. The fraction of sp³-hybridized carbons (Fsp3) is 0.222. The highest BCUT2D eigenvalue weighted by Crippen LogP contribution is 2.11. The van der Waals surface area contributed by atoms with E-state index in [9.17, 15) is 9.59 Å². The molecule has 1 atom stereocenters. The Morgan fingerprint density at radius 2 is 1.52 bits per heavy atom. The average molecular weight is 314 g/mol. The Kier molecular flexibility index (Phi) is 6.17. The molecular weight excluding hydrogens is 296 g/mol. The van der Waals surface area contributed by atoms with Crippen LogP contribution in [0.2, 0.25) is 0 Å². The summed E-state index contributed by atoms with van der Waals surface area (Å²) in [6.45, 7) is 1.34. The summed E-state index contributed by atoms with van der Waals surface area (Å²) >= 11 is 0. The second-order valence-corrected chi connectivity index (χ2v) is 4.82. The van der Waals surface area contributed by atoms with Gasteiger partial charge in [-0.25, -0.2) is 4.79 Å². The third-order valence-electron chi connectivity index (χ3n) is 2.93. The summed E-state index contributed by atoms with van der Waals surface area (Å²) in [6.07, 6.45) is -0.688. The van der Waals surface area contributed by atoms with E-state index in [0.717, 1.165) is 0 Å². The standard InChI is InChI=1S/C18H18O5/c1-14(19)21-12-17(13-22-16-10-6-3-7-11-16)23-18(20)15-8-4-2-5-9-15/h2-11,17H,12-13H2,1H3. The molecule has 120 valence electrons. The van der Waals surface area contributed by atoms with Crippen molar-refractivity contribution in [2.45, 2.75) is 13.0 Å². The maximum Gasteiger partial charge on any atom is 0.338 e. The molecule has 0 aliphatic rings. The van der Waals surface area contributed by atoms with E-state index in [-0.39, 0.29) is 13.2 Å². The van der Waals surface area contributed by atoms with Crippen molar-refractivity contribution >= 4 is 11.9 Å². The fourth-order valence-electron chi connectivity index (χ4n) is 1.83. The lowest BCUT2D eigenvalue weighted by Gasteiger charge is -2.18. The van der Waals surface area contributed by atoms with Crippen molar-refractivity contribution in [3.63, 3.8) is 0 Å². The molecular formula is C18H18O5. The number of hydrogen-bond donors (Lipinski definition) is 0. The number of rotatable bonds is 7. The highest BCUT2D eigenvalue weighted by molar-refractivity contribution is 5.89. The van der Waals surface area contributed by atoms with Gasteiger partial charge in [0.15, 0.2) is 6.10 Å². The van der Waals surface area contributed by atoms with Gasteiger partial charge in [0.05, 0.1) is 5.56 Å². The summed E-state index contributed by atoms with van der Waals surface area (Å²) < 4.78 is 15.9. The smallest absolute Gasteiger partial charge is 0.338 e. The highest BCUT2D eigenvalue weighted by Gasteiger charge is 2.18. The molecule has 2 rings (SSSR count). The van der Waals surface area contributed by atoms with Crippen molar-refractivity contribution in [3.8, 4) is 5.75 Å². The number of ether oxygens (including phenoxy) is 3. The Labute approximate surface area is 134 Å². The maximum absolute atomic E-state index is 12.1. The molecule has 5 nitrogen and oxygen atoms in total. The number of hydrogen-bond acceptors (Lipinski definition) is 5. The predicted octanol–water partition coefficient (Wildman–Crippen LogP) is 2.85. The second-order valence-electron chi connectivity index (χ2n) is 4.82. The van der Waals surface area contributed by atoms with E-state index in [0.29, 0.717) is 11.3 Å². The van der Waals surface area contributed by atoms with E-state index in [1.54, 1.807) is 36.4 Å². The summed E-state index contributed by atoms with van der Waals surface area (Å²) in [6, 6.07) is 17.8. The third-order valence-corrected chi connectivity index (χ3v) is 2.93. The van der Waals surface area contributed by atoms with Gasteiger partial charge in [0.1, 0.15) is 19.0 Å². The van der Waals surface area contributed by atoms with E-state index in [4.69, 9.17) is 14.2 Å². The molecule has 0 aromatic heterocycles. The Bertz CT molecular complexity index is 624. The monoisotopic (exact) mass is 314 g/mol. The Balaban J connectivity index is 1.95. The molecule has 0 spiro atoms. The van der Waals surface area contributed by atoms with Gasteiger partial charge < -0.3 is 14.2 Å². The molecule has 0 fully saturated rings. The maximum atomic E-state index is 12.1. The minimum atomic E-state index is -0.688. The first-order chi connectivity index (χ1) is 11.1. The van der Waals surface area contributed by atoms with Crippen LogP contribution in [0.4, 0.5) is 0 Å². The van der Waals surface area contributed by atoms with Crippen LogP contribution in [0.1, 0.15) is 17.3 Å². The van der Waals surface area contributed by atoms with E-state index in [1.807, 2.05) is 24.3 Å². The Hall–Kier alpha value is -2.82. The molecule has 2 aromatic carbocycles. The Morgan fingerprint density at radius 1 is 0.913 bits per heavy atom. The molecule has 2 aromatic rings. The number of carbonyl (C=O) groups excluding carboxylic acids is 2. The van der Waals surface area contributed by atoms with Crippen molar-refractivity contribution in [2.24, 2.45) is 0 Å². The summed E-state index contributed by atoms with van der Waals surface area (Å²) in [5.74, 6) is -0.277. The van der Waals surface area contributed by atoms with Gasteiger partial charge in [-0.15, -0.1) is 0 Å². The van der Waals surface area contributed by atoms with Crippen LogP contribution in [-0.4, -0.2) is 31.3 Å². The van der Waals surface area contributed by atoms with Crippen LogP contribution < -0.4 is 4.74 Å². The quantitative estimate of drug-likeness (QED) is 0.735. The van der Waals surface area contributed by atoms with Crippen LogP contribution in [0.15, 0.2) is 60.7 Å². The summed E-state index contributed by atoms with van der Waals surface area (Å²) in [7, 11) is 0. The topological polar surface area (TPSA) is 61.8 Å². The van der Waals surface area contributed by atoms with Crippen molar-refractivity contribution in [1.82, 2.24) is 0 Å². The average Bonchev–Trinajstić information content (AvgIpc) is 2.58. The van der Waals surface area contributed by atoms with Crippen LogP contribution in [0, 0.1) is 0 Å². The molecule has 0 bridgehead atoms. The van der Waals surface area contributed by atoms with Gasteiger partial charge in [-0.05, 0) is 24.3 Å². The summed E-state index contributed by atoms with van der Waals surface area (Å²) in [5, 5.41) is 0. The molecule has 0 amide bonds. The minimum Gasteiger partial charge on any atom is -0.490 e. The molecule has 0 saturated heterocycles. The van der Waals surface area contributed by atoms with Crippen LogP contribution in [0.5, 0.6) is 5.75 Å². The first-order valence-electron chi connectivity index (χ1n) is 7.22. The fourth-order valence-corrected chi connectivity index (χ4v) is 1.83.